The molecular formula is C23H32FN5O3. The van der Waals surface area contributed by atoms with Crippen molar-refractivity contribution in [3.8, 4) is 23.5 Å². The fourth-order valence-corrected chi connectivity index (χ4v) is 4.45. The molecule has 1 atom stereocenters. The number of nitrogens with zero attached hydrogens (tertiary/aromatic N) is 4. The zero-order valence-corrected chi connectivity index (χ0v) is 18.6. The molecule has 1 aromatic carbocycles. The van der Waals surface area contributed by atoms with Crippen molar-refractivity contribution in [3.63, 3.8) is 0 Å². The van der Waals surface area contributed by atoms with Crippen LogP contribution in [-0.4, -0.2) is 56.7 Å². The van der Waals surface area contributed by atoms with E-state index in [2.05, 4.69) is 32.1 Å². The first kappa shape index (κ1) is 22.5. The van der Waals surface area contributed by atoms with Crippen LogP contribution in [0.25, 0.3) is 0 Å². The summed E-state index contributed by atoms with van der Waals surface area (Å²) >= 11 is 0. The Labute approximate surface area is 188 Å². The van der Waals surface area contributed by atoms with E-state index in [0.717, 1.165) is 44.8 Å². The zero-order chi connectivity index (χ0) is 22.3. The Kier molecular flexibility index (Phi) is 7.57. The van der Waals surface area contributed by atoms with Crippen LogP contribution in [-0.2, 0) is 0 Å². The van der Waals surface area contributed by atoms with Crippen LogP contribution in [0.1, 0.15) is 58.3 Å². The molecule has 1 aliphatic heterocycles. The summed E-state index contributed by atoms with van der Waals surface area (Å²) in [5.41, 5.74) is 0. The van der Waals surface area contributed by atoms with Crippen LogP contribution in [0.3, 0.4) is 0 Å². The minimum atomic E-state index is -0.772. The van der Waals surface area contributed by atoms with E-state index in [1.54, 1.807) is 0 Å². The van der Waals surface area contributed by atoms with E-state index in [0.29, 0.717) is 18.6 Å². The maximum Gasteiger partial charge on any atom is 0.330 e. The number of aromatic nitrogens is 3. The molecule has 1 aromatic heterocycles. The summed E-state index contributed by atoms with van der Waals surface area (Å²) in [6, 6.07) is 4.62. The highest BCUT2D eigenvalue weighted by atomic mass is 19.1. The smallest absolute Gasteiger partial charge is 0.330 e. The average molecular weight is 446 g/mol. The van der Waals surface area contributed by atoms with Crippen molar-refractivity contribution >= 4 is 5.95 Å². The van der Waals surface area contributed by atoms with Gasteiger partial charge in [0.05, 0.1) is 0 Å². The minimum absolute atomic E-state index is 0.0231. The molecule has 1 saturated carbocycles. The number of anilines is 1. The zero-order valence-electron chi connectivity index (χ0n) is 18.6. The molecule has 2 aliphatic rings. The van der Waals surface area contributed by atoms with Crippen LogP contribution in [0.2, 0.25) is 0 Å². The molecule has 9 heteroatoms. The number of nitrogens with one attached hydrogen (secondary N) is 1. The molecular weight excluding hydrogens is 413 g/mol. The SMILES string of the molecule is CCN1CCCC1COc1nc(NC2CCCCCC2)nc(Oc2ccc(O)c(F)c2)n1. The van der Waals surface area contributed by atoms with Gasteiger partial charge >= 0.3 is 12.0 Å². The Morgan fingerprint density at radius 2 is 1.84 bits per heavy atom. The van der Waals surface area contributed by atoms with Gasteiger partial charge in [-0.05, 0) is 50.9 Å². The molecule has 0 radical (unpaired) electrons. The van der Waals surface area contributed by atoms with Crippen molar-refractivity contribution in [2.45, 2.75) is 70.4 Å². The first-order chi connectivity index (χ1) is 15.6. The van der Waals surface area contributed by atoms with Gasteiger partial charge in [-0.1, -0.05) is 32.6 Å². The van der Waals surface area contributed by atoms with E-state index in [1.165, 1.54) is 37.8 Å². The van der Waals surface area contributed by atoms with Gasteiger partial charge in [-0.15, -0.1) is 4.98 Å². The first-order valence-corrected chi connectivity index (χ1v) is 11.7. The van der Waals surface area contributed by atoms with Crippen molar-refractivity contribution < 1.29 is 19.0 Å². The topological polar surface area (TPSA) is 92.6 Å². The molecule has 4 rings (SSSR count). The number of likely N-dealkylation sites (N-methyl/N-ethyl adjacent to an activating group) is 1. The maximum atomic E-state index is 13.7. The van der Waals surface area contributed by atoms with Crippen LogP contribution >= 0.6 is 0 Å². The van der Waals surface area contributed by atoms with Gasteiger partial charge in [-0.3, -0.25) is 4.90 Å². The molecule has 2 fully saturated rings. The summed E-state index contributed by atoms with van der Waals surface area (Å²) in [4.78, 5) is 15.5. The second kappa shape index (κ2) is 10.8. The maximum absolute atomic E-state index is 13.7. The predicted octanol–water partition coefficient (Wildman–Crippen LogP) is 4.51. The Morgan fingerprint density at radius 1 is 1.06 bits per heavy atom. The third-order valence-electron chi connectivity index (χ3n) is 6.22. The van der Waals surface area contributed by atoms with Crippen LogP contribution in [0, 0.1) is 5.82 Å². The van der Waals surface area contributed by atoms with Gasteiger partial charge in [0.15, 0.2) is 11.6 Å². The number of rotatable bonds is 8. The summed E-state index contributed by atoms with van der Waals surface area (Å²) < 4.78 is 25.4. The lowest BCUT2D eigenvalue weighted by Crippen LogP contribution is -2.34. The molecule has 1 saturated heterocycles. The standard InChI is InChI=1S/C23H32FN5O3/c1-2-29-13-7-10-17(29)15-31-22-26-21(25-16-8-5-3-4-6-9-16)27-23(28-22)32-18-11-12-20(30)19(24)14-18/h11-12,14,16-17,30H,2-10,13,15H2,1H3,(H,25,26,27,28). The van der Waals surface area contributed by atoms with Gasteiger partial charge in [0.1, 0.15) is 12.4 Å². The molecule has 2 aromatic rings. The van der Waals surface area contributed by atoms with Gasteiger partial charge in [-0.2, -0.15) is 9.97 Å². The number of likely N-dealkylation sites (tertiary alicyclic amines) is 1. The normalized spacial score (nSPS) is 20.1. The highest BCUT2D eigenvalue weighted by Gasteiger charge is 2.24. The largest absolute Gasteiger partial charge is 0.505 e. The van der Waals surface area contributed by atoms with E-state index in [1.807, 2.05) is 0 Å². The lowest BCUT2D eigenvalue weighted by Gasteiger charge is -2.22. The Hall–Kier alpha value is -2.68. The quantitative estimate of drug-likeness (QED) is 0.574. The molecule has 0 spiro atoms. The molecule has 0 bridgehead atoms. The number of benzene rings is 1. The van der Waals surface area contributed by atoms with Crippen molar-refractivity contribution in [1.82, 2.24) is 19.9 Å². The van der Waals surface area contributed by atoms with Crippen LogP contribution in [0.5, 0.6) is 23.5 Å². The molecule has 0 amide bonds. The molecule has 1 unspecified atom stereocenters. The summed E-state index contributed by atoms with van der Waals surface area (Å²) in [5, 5.41) is 12.8. The number of phenols is 1. The second-order valence-corrected chi connectivity index (χ2v) is 8.51. The van der Waals surface area contributed by atoms with Gasteiger partial charge in [0.2, 0.25) is 5.95 Å². The van der Waals surface area contributed by atoms with Crippen molar-refractivity contribution in [3.05, 3.63) is 24.0 Å². The fourth-order valence-electron chi connectivity index (χ4n) is 4.45. The summed E-state index contributed by atoms with van der Waals surface area (Å²) in [6.45, 7) is 4.71. The number of aromatic hydroxyl groups is 1. The number of hydrogen-bond donors (Lipinski definition) is 2. The fraction of sp³-hybridized carbons (Fsp3) is 0.609. The molecule has 174 valence electrons. The lowest BCUT2D eigenvalue weighted by molar-refractivity contribution is 0.169. The molecule has 32 heavy (non-hydrogen) atoms. The average Bonchev–Trinajstić information content (AvgIpc) is 3.09. The monoisotopic (exact) mass is 445 g/mol. The first-order valence-electron chi connectivity index (χ1n) is 11.7. The van der Waals surface area contributed by atoms with E-state index in [9.17, 15) is 9.50 Å². The van der Waals surface area contributed by atoms with Gasteiger partial charge in [-0.25, -0.2) is 4.39 Å². The third-order valence-corrected chi connectivity index (χ3v) is 6.22. The molecule has 2 heterocycles. The summed E-state index contributed by atoms with van der Waals surface area (Å²) in [6.07, 6.45) is 9.23. The minimum Gasteiger partial charge on any atom is -0.505 e. The molecule has 2 N–H and O–H groups in total. The Morgan fingerprint density at radius 3 is 2.59 bits per heavy atom. The van der Waals surface area contributed by atoms with Crippen LogP contribution < -0.4 is 14.8 Å². The number of halogens is 1. The third kappa shape index (κ3) is 5.97. The Balaban J connectivity index is 1.51. The van der Waals surface area contributed by atoms with E-state index >= 15 is 0 Å². The van der Waals surface area contributed by atoms with Crippen molar-refractivity contribution in [1.29, 1.82) is 0 Å². The van der Waals surface area contributed by atoms with E-state index in [-0.39, 0.29) is 23.8 Å². The van der Waals surface area contributed by atoms with Gasteiger partial charge in [0, 0.05) is 18.2 Å². The predicted molar refractivity (Wildman–Crippen MR) is 119 cm³/mol. The lowest BCUT2D eigenvalue weighted by atomic mass is 10.1. The van der Waals surface area contributed by atoms with Crippen molar-refractivity contribution in [2.75, 3.05) is 25.0 Å². The molecule has 1 aliphatic carbocycles. The molecule has 8 nitrogen and oxygen atoms in total. The van der Waals surface area contributed by atoms with Gasteiger partial charge in [0.25, 0.3) is 0 Å². The number of hydrogen-bond acceptors (Lipinski definition) is 8. The van der Waals surface area contributed by atoms with E-state index < -0.39 is 11.6 Å². The highest BCUT2D eigenvalue weighted by molar-refractivity contribution is 5.35. The van der Waals surface area contributed by atoms with Crippen LogP contribution in [0.15, 0.2) is 18.2 Å². The highest BCUT2D eigenvalue weighted by Crippen LogP contribution is 2.27. The Bertz CT molecular complexity index is 892. The summed E-state index contributed by atoms with van der Waals surface area (Å²) in [7, 11) is 0. The van der Waals surface area contributed by atoms with Gasteiger partial charge < -0.3 is 19.9 Å². The second-order valence-electron chi connectivity index (χ2n) is 8.51. The summed E-state index contributed by atoms with van der Waals surface area (Å²) in [5.74, 6) is -0.628. The number of phenolic OH excluding ortho intramolecular Hbond substituents is 1. The van der Waals surface area contributed by atoms with Crippen LogP contribution in [0.4, 0.5) is 10.3 Å². The van der Waals surface area contributed by atoms with E-state index in [4.69, 9.17) is 9.47 Å². The number of ether oxygens (including phenoxy) is 2. The van der Waals surface area contributed by atoms with Crippen molar-refractivity contribution in [2.24, 2.45) is 0 Å².